The van der Waals surface area contributed by atoms with Crippen molar-refractivity contribution in [2.75, 3.05) is 4.90 Å². The third-order valence-corrected chi connectivity index (χ3v) is 5.71. The van der Waals surface area contributed by atoms with Crippen molar-refractivity contribution in [3.63, 3.8) is 0 Å². The lowest BCUT2D eigenvalue weighted by molar-refractivity contribution is -0.122. The molecule has 2 heterocycles. The molecule has 1 saturated heterocycles. The number of anilines is 1. The topological polar surface area (TPSA) is 71.4 Å². The van der Waals surface area contributed by atoms with Crippen molar-refractivity contribution >= 4 is 29.6 Å². The highest BCUT2D eigenvalue weighted by atomic mass is 19.1. The van der Waals surface area contributed by atoms with Crippen LogP contribution in [0, 0.1) is 33.5 Å². The van der Waals surface area contributed by atoms with Crippen molar-refractivity contribution in [1.82, 2.24) is 9.88 Å². The van der Waals surface area contributed by atoms with E-state index in [0.29, 0.717) is 11.3 Å². The Morgan fingerprint density at radius 3 is 2.16 bits per heavy atom. The average Bonchev–Trinajstić information content (AvgIpc) is 3.01. The fraction of sp³-hybridized carbons (Fsp3) is 0.160. The van der Waals surface area contributed by atoms with Gasteiger partial charge in [-0.3, -0.25) is 14.9 Å². The Hall–Kier alpha value is -4.00. The van der Waals surface area contributed by atoms with Crippen molar-refractivity contribution in [2.24, 2.45) is 0 Å². The van der Waals surface area contributed by atoms with E-state index in [1.54, 1.807) is 24.3 Å². The van der Waals surface area contributed by atoms with Gasteiger partial charge in [0.1, 0.15) is 11.4 Å². The molecule has 2 aromatic carbocycles. The summed E-state index contributed by atoms with van der Waals surface area (Å²) in [5.41, 5.74) is 5.25. The van der Waals surface area contributed by atoms with Crippen LogP contribution in [-0.2, 0) is 9.59 Å². The summed E-state index contributed by atoms with van der Waals surface area (Å²) in [5.74, 6) is -1.76. The predicted octanol–water partition coefficient (Wildman–Crippen LogP) is 4.52. The Labute approximate surface area is 185 Å². The molecule has 7 heteroatoms. The number of rotatable bonds is 3. The first-order valence-corrected chi connectivity index (χ1v) is 10.1. The molecule has 0 spiro atoms. The van der Waals surface area contributed by atoms with Gasteiger partial charge < -0.3 is 4.57 Å². The fourth-order valence-corrected chi connectivity index (χ4v) is 3.83. The zero-order valence-electron chi connectivity index (χ0n) is 18.2. The number of nitrogens with one attached hydrogen (secondary N) is 1. The Bertz CT molecular complexity index is 1300. The van der Waals surface area contributed by atoms with Crippen LogP contribution >= 0.6 is 0 Å². The van der Waals surface area contributed by atoms with Gasteiger partial charge in [0.25, 0.3) is 11.8 Å². The van der Waals surface area contributed by atoms with Crippen LogP contribution in [0.2, 0.25) is 0 Å². The van der Waals surface area contributed by atoms with Crippen molar-refractivity contribution in [2.45, 2.75) is 27.7 Å². The van der Waals surface area contributed by atoms with E-state index in [9.17, 15) is 18.8 Å². The van der Waals surface area contributed by atoms with Gasteiger partial charge in [-0.15, -0.1) is 0 Å². The van der Waals surface area contributed by atoms with E-state index in [4.69, 9.17) is 0 Å². The minimum atomic E-state index is -0.780. The number of hydrogen-bond acceptors (Lipinski definition) is 3. The lowest BCUT2D eigenvalue weighted by Gasteiger charge is -2.26. The minimum absolute atomic E-state index is 0.137. The summed E-state index contributed by atoms with van der Waals surface area (Å²) in [7, 11) is 0. The van der Waals surface area contributed by atoms with Gasteiger partial charge in [0.05, 0.1) is 5.69 Å². The molecule has 0 saturated carbocycles. The number of carbonyl (C=O) groups is 3. The molecule has 1 aliphatic heterocycles. The third kappa shape index (κ3) is 3.62. The molecule has 1 fully saturated rings. The van der Waals surface area contributed by atoms with E-state index < -0.39 is 17.8 Å². The standard InChI is InChI=1S/C25H22FN3O3/c1-14-5-8-21(11-15(14)2)29-24(31)22(23(30)27-25(29)32)13-18-12-16(3)28(17(18)4)20-9-6-19(26)7-10-20/h5-13H,1-4H3,(H,27,30,32). The summed E-state index contributed by atoms with van der Waals surface area (Å²) < 4.78 is 15.2. The van der Waals surface area contributed by atoms with E-state index in [0.717, 1.165) is 33.1 Å². The number of imide groups is 2. The van der Waals surface area contributed by atoms with E-state index in [-0.39, 0.29) is 11.4 Å². The molecule has 0 atom stereocenters. The zero-order valence-corrected chi connectivity index (χ0v) is 18.2. The largest absolute Gasteiger partial charge is 0.335 e. The molecule has 0 bridgehead atoms. The molecule has 1 aliphatic rings. The summed E-state index contributed by atoms with van der Waals surface area (Å²) in [6.45, 7) is 7.55. The molecule has 32 heavy (non-hydrogen) atoms. The average molecular weight is 431 g/mol. The van der Waals surface area contributed by atoms with Crippen LogP contribution in [0.3, 0.4) is 0 Å². The highest BCUT2D eigenvalue weighted by Crippen LogP contribution is 2.27. The summed E-state index contributed by atoms with van der Waals surface area (Å²) in [6, 6.07) is 12.3. The van der Waals surface area contributed by atoms with Gasteiger partial charge in [0.15, 0.2) is 0 Å². The number of aryl methyl sites for hydroxylation is 3. The number of halogens is 1. The van der Waals surface area contributed by atoms with Gasteiger partial charge in [-0.2, -0.15) is 0 Å². The van der Waals surface area contributed by atoms with E-state index in [1.165, 1.54) is 18.2 Å². The summed E-state index contributed by atoms with van der Waals surface area (Å²) in [4.78, 5) is 39.1. The van der Waals surface area contributed by atoms with E-state index >= 15 is 0 Å². The molecule has 1 N–H and O–H groups in total. The maximum atomic E-state index is 13.3. The predicted molar refractivity (Wildman–Crippen MR) is 120 cm³/mol. The van der Waals surface area contributed by atoms with Crippen LogP contribution in [0.25, 0.3) is 11.8 Å². The zero-order chi connectivity index (χ0) is 23.2. The number of carbonyl (C=O) groups excluding carboxylic acids is 3. The van der Waals surface area contributed by atoms with Gasteiger partial charge >= 0.3 is 6.03 Å². The lowest BCUT2D eigenvalue weighted by atomic mass is 10.1. The molecule has 6 nitrogen and oxygen atoms in total. The van der Waals surface area contributed by atoms with Crippen LogP contribution in [0.1, 0.15) is 28.1 Å². The van der Waals surface area contributed by atoms with Crippen molar-refractivity contribution in [3.05, 3.63) is 88.0 Å². The van der Waals surface area contributed by atoms with Crippen LogP contribution in [0.5, 0.6) is 0 Å². The normalized spacial score (nSPS) is 15.5. The van der Waals surface area contributed by atoms with Gasteiger partial charge in [-0.25, -0.2) is 14.1 Å². The molecule has 3 aromatic rings. The SMILES string of the molecule is Cc1ccc(N2C(=O)NC(=O)C(=Cc3cc(C)n(-c4ccc(F)cc4)c3C)C2=O)cc1C. The third-order valence-electron chi connectivity index (χ3n) is 5.71. The van der Waals surface area contributed by atoms with Crippen molar-refractivity contribution < 1.29 is 18.8 Å². The minimum Gasteiger partial charge on any atom is -0.318 e. The first-order chi connectivity index (χ1) is 15.2. The second kappa shape index (κ2) is 7.92. The number of aromatic nitrogens is 1. The molecule has 0 aliphatic carbocycles. The van der Waals surface area contributed by atoms with Crippen LogP contribution in [0.15, 0.2) is 54.1 Å². The Balaban J connectivity index is 1.76. The molecular formula is C25H22FN3O3. The number of barbiturate groups is 1. The van der Waals surface area contributed by atoms with E-state index in [1.807, 2.05) is 44.4 Å². The number of nitrogens with zero attached hydrogens (tertiary/aromatic N) is 2. The Kier molecular flexibility index (Phi) is 5.26. The first kappa shape index (κ1) is 21.2. The quantitative estimate of drug-likeness (QED) is 0.490. The smallest absolute Gasteiger partial charge is 0.318 e. The molecule has 4 rings (SSSR count). The van der Waals surface area contributed by atoms with Gasteiger partial charge in [-0.1, -0.05) is 6.07 Å². The number of amides is 4. The van der Waals surface area contributed by atoms with Crippen LogP contribution in [-0.4, -0.2) is 22.4 Å². The molecule has 4 amide bonds. The van der Waals surface area contributed by atoms with Crippen LogP contribution in [0.4, 0.5) is 14.9 Å². The highest BCUT2D eigenvalue weighted by Gasteiger charge is 2.37. The number of urea groups is 1. The van der Waals surface area contributed by atoms with Crippen LogP contribution < -0.4 is 10.2 Å². The fourth-order valence-electron chi connectivity index (χ4n) is 3.83. The number of benzene rings is 2. The highest BCUT2D eigenvalue weighted by molar-refractivity contribution is 6.39. The van der Waals surface area contributed by atoms with E-state index in [2.05, 4.69) is 5.32 Å². The van der Waals surface area contributed by atoms with Gasteiger partial charge in [0, 0.05) is 17.1 Å². The van der Waals surface area contributed by atoms with Crippen molar-refractivity contribution in [3.8, 4) is 5.69 Å². The Morgan fingerprint density at radius 1 is 0.844 bits per heavy atom. The Morgan fingerprint density at radius 2 is 1.50 bits per heavy atom. The second-order valence-corrected chi connectivity index (χ2v) is 7.86. The molecule has 0 radical (unpaired) electrons. The molecule has 1 aromatic heterocycles. The number of hydrogen-bond donors (Lipinski definition) is 1. The van der Waals surface area contributed by atoms with Crippen molar-refractivity contribution in [1.29, 1.82) is 0 Å². The van der Waals surface area contributed by atoms with Gasteiger partial charge in [0.2, 0.25) is 0 Å². The maximum absolute atomic E-state index is 13.3. The first-order valence-electron chi connectivity index (χ1n) is 10.1. The summed E-state index contributed by atoms with van der Waals surface area (Å²) in [5, 5.41) is 2.25. The summed E-state index contributed by atoms with van der Waals surface area (Å²) >= 11 is 0. The monoisotopic (exact) mass is 431 g/mol. The molecular weight excluding hydrogens is 409 g/mol. The second-order valence-electron chi connectivity index (χ2n) is 7.86. The summed E-state index contributed by atoms with van der Waals surface area (Å²) in [6.07, 6.45) is 1.49. The lowest BCUT2D eigenvalue weighted by Crippen LogP contribution is -2.54. The molecule has 0 unspecified atom stereocenters. The van der Waals surface area contributed by atoms with Gasteiger partial charge in [-0.05, 0) is 92.9 Å². The maximum Gasteiger partial charge on any atom is 0.335 e. The molecule has 162 valence electrons.